The zero-order valence-electron chi connectivity index (χ0n) is 14.9. The van der Waals surface area contributed by atoms with Crippen molar-refractivity contribution < 1.29 is 13.2 Å². The third-order valence-corrected chi connectivity index (χ3v) is 7.60. The number of piperidine rings is 1. The van der Waals surface area contributed by atoms with Crippen LogP contribution in [0.25, 0.3) is 0 Å². The van der Waals surface area contributed by atoms with Crippen molar-refractivity contribution in [3.8, 4) is 0 Å². The predicted octanol–water partition coefficient (Wildman–Crippen LogP) is 4.94. The lowest BCUT2D eigenvalue weighted by Gasteiger charge is -2.30. The monoisotopic (exact) mass is 504 g/mol. The topological polar surface area (TPSA) is 66.5 Å². The lowest BCUT2D eigenvalue weighted by Crippen LogP contribution is -2.41. The van der Waals surface area contributed by atoms with Gasteiger partial charge in [0.2, 0.25) is 15.9 Å². The summed E-state index contributed by atoms with van der Waals surface area (Å²) in [4.78, 5) is 12.5. The molecule has 0 spiro atoms. The standard InChI is InChI=1S/C19H19BrCl2N2O3S/c20-15-3-1-13(2-4-15)12-28(26,27)24-9-7-14(8-10-24)19(25)23-18-6-5-16(21)11-17(18)22/h1-6,11,14H,7-10,12H2,(H,23,25). The van der Waals surface area contributed by atoms with Crippen molar-refractivity contribution in [1.29, 1.82) is 0 Å². The Morgan fingerprint density at radius 1 is 1.11 bits per heavy atom. The van der Waals surface area contributed by atoms with Crippen LogP contribution in [0.3, 0.4) is 0 Å². The second kappa shape index (κ2) is 9.13. The highest BCUT2D eigenvalue weighted by atomic mass is 79.9. The highest BCUT2D eigenvalue weighted by molar-refractivity contribution is 9.10. The number of anilines is 1. The number of carbonyl (C=O) groups is 1. The predicted molar refractivity (Wildman–Crippen MR) is 116 cm³/mol. The molecule has 0 unspecified atom stereocenters. The summed E-state index contributed by atoms with van der Waals surface area (Å²) >= 11 is 15.3. The van der Waals surface area contributed by atoms with Gasteiger partial charge in [-0.3, -0.25) is 4.79 Å². The fourth-order valence-electron chi connectivity index (χ4n) is 3.10. The van der Waals surface area contributed by atoms with Gasteiger partial charge in [0.15, 0.2) is 0 Å². The van der Waals surface area contributed by atoms with Crippen molar-refractivity contribution in [2.24, 2.45) is 5.92 Å². The molecule has 1 aliphatic rings. The number of nitrogens with zero attached hydrogens (tertiary/aromatic N) is 1. The van der Waals surface area contributed by atoms with Gasteiger partial charge in [0.1, 0.15) is 0 Å². The maximum Gasteiger partial charge on any atom is 0.227 e. The molecule has 2 aromatic carbocycles. The van der Waals surface area contributed by atoms with Gasteiger partial charge < -0.3 is 5.32 Å². The summed E-state index contributed by atoms with van der Waals surface area (Å²) in [6.45, 7) is 0.649. The molecule has 9 heteroatoms. The van der Waals surface area contributed by atoms with Crippen LogP contribution in [0, 0.1) is 5.92 Å². The summed E-state index contributed by atoms with van der Waals surface area (Å²) in [6.07, 6.45) is 0.938. The number of rotatable bonds is 5. The lowest BCUT2D eigenvalue weighted by molar-refractivity contribution is -0.120. The Labute approximate surface area is 183 Å². The molecule has 1 aliphatic heterocycles. The van der Waals surface area contributed by atoms with Gasteiger partial charge in [0.25, 0.3) is 0 Å². The zero-order valence-corrected chi connectivity index (χ0v) is 18.8. The van der Waals surface area contributed by atoms with Gasteiger partial charge in [-0.2, -0.15) is 0 Å². The van der Waals surface area contributed by atoms with Crippen molar-refractivity contribution in [3.05, 3.63) is 62.5 Å². The maximum absolute atomic E-state index is 12.7. The summed E-state index contributed by atoms with van der Waals surface area (Å²) in [5.41, 5.74) is 1.24. The Morgan fingerprint density at radius 3 is 2.36 bits per heavy atom. The first-order valence-corrected chi connectivity index (χ1v) is 11.9. The lowest BCUT2D eigenvalue weighted by atomic mass is 9.97. The van der Waals surface area contributed by atoms with E-state index >= 15 is 0 Å². The minimum atomic E-state index is -3.42. The van der Waals surface area contributed by atoms with Crippen molar-refractivity contribution >= 4 is 60.7 Å². The fourth-order valence-corrected chi connectivity index (χ4v) is 5.39. The Morgan fingerprint density at radius 2 is 1.75 bits per heavy atom. The number of hydrogen-bond acceptors (Lipinski definition) is 3. The second-order valence-corrected chi connectivity index (χ2v) is 10.4. The van der Waals surface area contributed by atoms with Crippen LogP contribution < -0.4 is 5.32 Å². The minimum absolute atomic E-state index is 0.0441. The molecule has 0 bridgehead atoms. The van der Waals surface area contributed by atoms with Crippen LogP contribution in [-0.2, 0) is 20.6 Å². The van der Waals surface area contributed by atoms with Crippen LogP contribution in [0.4, 0.5) is 5.69 Å². The average Bonchev–Trinajstić information content (AvgIpc) is 2.66. The van der Waals surface area contributed by atoms with Crippen molar-refractivity contribution in [2.75, 3.05) is 18.4 Å². The van der Waals surface area contributed by atoms with Gasteiger partial charge in [-0.15, -0.1) is 0 Å². The highest BCUT2D eigenvalue weighted by Gasteiger charge is 2.31. The molecule has 1 amide bonds. The molecule has 0 aromatic heterocycles. The molecule has 150 valence electrons. The van der Waals surface area contributed by atoms with E-state index in [1.54, 1.807) is 30.3 Å². The first kappa shape index (κ1) is 21.6. The van der Waals surface area contributed by atoms with E-state index in [2.05, 4.69) is 21.2 Å². The van der Waals surface area contributed by atoms with E-state index in [0.29, 0.717) is 41.7 Å². The quantitative estimate of drug-likeness (QED) is 0.626. The van der Waals surface area contributed by atoms with Gasteiger partial charge in [-0.1, -0.05) is 51.3 Å². The van der Waals surface area contributed by atoms with Crippen LogP contribution in [0.5, 0.6) is 0 Å². The summed E-state index contributed by atoms with van der Waals surface area (Å²) in [6, 6.07) is 12.1. The number of sulfonamides is 1. The van der Waals surface area contributed by atoms with E-state index in [1.807, 2.05) is 12.1 Å². The fraction of sp³-hybridized carbons (Fsp3) is 0.316. The van der Waals surface area contributed by atoms with Gasteiger partial charge in [0.05, 0.1) is 16.5 Å². The summed E-state index contributed by atoms with van der Waals surface area (Å²) in [5, 5.41) is 3.67. The van der Waals surface area contributed by atoms with Crippen molar-refractivity contribution in [1.82, 2.24) is 4.31 Å². The Hall–Kier alpha value is -1.12. The largest absolute Gasteiger partial charge is 0.325 e. The third-order valence-electron chi connectivity index (χ3n) is 4.67. The number of carbonyl (C=O) groups excluding carboxylic acids is 1. The number of halogens is 3. The molecule has 1 saturated heterocycles. The van der Waals surface area contributed by atoms with Gasteiger partial charge in [-0.05, 0) is 48.7 Å². The molecule has 28 heavy (non-hydrogen) atoms. The van der Waals surface area contributed by atoms with Crippen LogP contribution in [0.2, 0.25) is 10.0 Å². The summed E-state index contributed by atoms with van der Waals surface area (Å²) in [5.74, 6) is -0.461. The first-order valence-electron chi connectivity index (χ1n) is 8.73. The minimum Gasteiger partial charge on any atom is -0.325 e. The van der Waals surface area contributed by atoms with Crippen LogP contribution in [0.15, 0.2) is 46.9 Å². The molecule has 0 atom stereocenters. The molecular weight excluding hydrogens is 487 g/mol. The van der Waals surface area contributed by atoms with E-state index in [0.717, 1.165) is 10.0 Å². The van der Waals surface area contributed by atoms with Crippen LogP contribution >= 0.6 is 39.1 Å². The molecule has 2 aromatic rings. The number of hydrogen-bond donors (Lipinski definition) is 1. The molecule has 1 heterocycles. The second-order valence-electron chi connectivity index (χ2n) is 6.67. The van der Waals surface area contributed by atoms with E-state index in [4.69, 9.17) is 23.2 Å². The van der Waals surface area contributed by atoms with Crippen molar-refractivity contribution in [2.45, 2.75) is 18.6 Å². The van der Waals surface area contributed by atoms with Gasteiger partial charge in [-0.25, -0.2) is 12.7 Å². The van der Waals surface area contributed by atoms with Crippen molar-refractivity contribution in [3.63, 3.8) is 0 Å². The number of benzene rings is 2. The molecule has 1 fully saturated rings. The Balaban J connectivity index is 1.57. The number of amides is 1. The average molecular weight is 506 g/mol. The van der Waals surface area contributed by atoms with E-state index < -0.39 is 10.0 Å². The molecule has 3 rings (SSSR count). The van der Waals surface area contributed by atoms with Gasteiger partial charge >= 0.3 is 0 Å². The van der Waals surface area contributed by atoms with E-state index in [1.165, 1.54) is 4.31 Å². The smallest absolute Gasteiger partial charge is 0.227 e. The normalized spacial score (nSPS) is 16.1. The molecule has 5 nitrogen and oxygen atoms in total. The van der Waals surface area contributed by atoms with E-state index in [9.17, 15) is 13.2 Å². The SMILES string of the molecule is O=C(Nc1ccc(Cl)cc1Cl)C1CCN(S(=O)(=O)Cc2ccc(Br)cc2)CC1. The third kappa shape index (κ3) is 5.48. The highest BCUT2D eigenvalue weighted by Crippen LogP contribution is 2.28. The van der Waals surface area contributed by atoms with E-state index in [-0.39, 0.29) is 17.6 Å². The molecule has 0 radical (unpaired) electrons. The molecule has 0 aliphatic carbocycles. The van der Waals surface area contributed by atoms with Crippen LogP contribution in [0.1, 0.15) is 18.4 Å². The zero-order chi connectivity index (χ0) is 20.3. The Bertz CT molecular complexity index is 960. The first-order chi connectivity index (χ1) is 13.2. The molecule has 0 saturated carbocycles. The summed E-state index contributed by atoms with van der Waals surface area (Å²) in [7, 11) is -3.42. The summed E-state index contributed by atoms with van der Waals surface area (Å²) < 4.78 is 27.7. The van der Waals surface area contributed by atoms with Gasteiger partial charge in [0, 0.05) is 28.5 Å². The Kier molecular flexibility index (Phi) is 7.04. The van der Waals surface area contributed by atoms with Crippen LogP contribution in [-0.4, -0.2) is 31.7 Å². The maximum atomic E-state index is 12.7. The molecular formula is C19H19BrCl2N2O3S. The number of nitrogens with one attached hydrogen (secondary N) is 1. The molecule has 1 N–H and O–H groups in total.